The molecule has 0 saturated carbocycles. The fourth-order valence-electron chi connectivity index (χ4n) is 3.74. The number of aromatic nitrogens is 4. The number of anilines is 1. The third-order valence-electron chi connectivity index (χ3n) is 5.18. The summed E-state index contributed by atoms with van der Waals surface area (Å²) in [4.78, 5) is 19.2. The van der Waals surface area contributed by atoms with E-state index in [1.54, 1.807) is 0 Å². The van der Waals surface area contributed by atoms with E-state index >= 15 is 0 Å². The molecule has 3 aromatic heterocycles. The molecule has 6 nitrogen and oxygen atoms in total. The number of benzene rings is 2. The van der Waals surface area contributed by atoms with Crippen molar-refractivity contribution in [2.75, 3.05) is 5.32 Å². The summed E-state index contributed by atoms with van der Waals surface area (Å²) in [7, 11) is 0. The number of hydrogen-bond acceptors (Lipinski definition) is 3. The molecular weight excluding hydrogens is 386 g/mol. The van der Waals surface area contributed by atoms with Gasteiger partial charge in [0.25, 0.3) is 0 Å². The maximum atomic E-state index is 11.4. The average molecular weight is 407 g/mol. The number of hydrogen-bond donors (Lipinski definition) is 2. The Bertz CT molecular complexity index is 1370. The van der Waals surface area contributed by atoms with E-state index in [1.807, 2.05) is 65.7 Å². The molecule has 0 fully saturated rings. The number of amides is 1. The number of H-pyrrole nitrogens is 1. The van der Waals surface area contributed by atoms with Crippen molar-refractivity contribution in [3.8, 4) is 22.3 Å². The fraction of sp³-hybridized carbons (Fsp3) is 0.0800. The van der Waals surface area contributed by atoms with Crippen molar-refractivity contribution in [1.82, 2.24) is 19.7 Å². The van der Waals surface area contributed by atoms with Crippen LogP contribution < -0.4 is 5.32 Å². The van der Waals surface area contributed by atoms with Crippen molar-refractivity contribution < 1.29 is 4.79 Å². The number of rotatable bonds is 5. The second kappa shape index (κ2) is 7.91. The van der Waals surface area contributed by atoms with Gasteiger partial charge in [-0.2, -0.15) is 5.10 Å². The lowest BCUT2D eigenvalue weighted by molar-refractivity contribution is -0.114. The summed E-state index contributed by atoms with van der Waals surface area (Å²) in [5.74, 6) is -0.0915. The molecule has 152 valence electrons. The molecule has 1 amide bonds. The lowest BCUT2D eigenvalue weighted by Gasteiger charge is -2.06. The Morgan fingerprint density at radius 1 is 1.00 bits per heavy atom. The van der Waals surface area contributed by atoms with E-state index in [9.17, 15) is 4.79 Å². The minimum Gasteiger partial charge on any atom is -0.346 e. The summed E-state index contributed by atoms with van der Waals surface area (Å²) >= 11 is 0. The highest BCUT2D eigenvalue weighted by Gasteiger charge is 2.11. The first-order chi connectivity index (χ1) is 15.2. The Labute approximate surface area is 179 Å². The van der Waals surface area contributed by atoms with Crippen LogP contribution in [0.25, 0.3) is 33.3 Å². The van der Waals surface area contributed by atoms with Crippen LogP contribution in [0, 0.1) is 0 Å². The number of carbonyl (C=O) groups is 1. The van der Waals surface area contributed by atoms with Gasteiger partial charge < -0.3 is 10.3 Å². The third-order valence-corrected chi connectivity index (χ3v) is 5.18. The topological polar surface area (TPSA) is 75.6 Å². The predicted molar refractivity (Wildman–Crippen MR) is 123 cm³/mol. The summed E-state index contributed by atoms with van der Waals surface area (Å²) in [6.45, 7) is 2.23. The molecule has 0 aliphatic carbocycles. The maximum Gasteiger partial charge on any atom is 0.221 e. The Balaban J connectivity index is 1.48. The molecule has 2 N–H and O–H groups in total. The largest absolute Gasteiger partial charge is 0.346 e. The molecule has 0 radical (unpaired) electrons. The molecular formula is C25H21N5O. The predicted octanol–water partition coefficient (Wildman–Crippen LogP) is 5.10. The third kappa shape index (κ3) is 3.96. The molecule has 0 bridgehead atoms. The average Bonchev–Trinajstić information content (AvgIpc) is 3.40. The quantitative estimate of drug-likeness (QED) is 0.426. The minimum absolute atomic E-state index is 0.0915. The fourth-order valence-corrected chi connectivity index (χ4v) is 3.74. The number of aromatic amines is 1. The standard InChI is InChI=1S/C25H21N5O/c1-17(31)29-22-9-5-8-19(10-22)20-11-23-24(14-27-25(23)26-12-20)21-13-28-30(16-21)15-18-6-3-2-4-7-18/h2-14,16H,15H2,1H3,(H,26,27)(H,29,31). The van der Waals surface area contributed by atoms with Crippen LogP contribution >= 0.6 is 0 Å². The van der Waals surface area contributed by atoms with Crippen LogP contribution in [0.1, 0.15) is 12.5 Å². The molecule has 5 aromatic rings. The summed E-state index contributed by atoms with van der Waals surface area (Å²) in [6, 6.07) is 20.2. The summed E-state index contributed by atoms with van der Waals surface area (Å²) < 4.78 is 1.94. The number of nitrogens with zero attached hydrogens (tertiary/aromatic N) is 3. The number of fused-ring (bicyclic) bond motifs is 1. The maximum absolute atomic E-state index is 11.4. The molecule has 0 spiro atoms. The first-order valence-electron chi connectivity index (χ1n) is 10.1. The van der Waals surface area contributed by atoms with Gasteiger partial charge in [-0.1, -0.05) is 42.5 Å². The van der Waals surface area contributed by atoms with Gasteiger partial charge in [0.1, 0.15) is 5.65 Å². The van der Waals surface area contributed by atoms with Crippen molar-refractivity contribution in [2.24, 2.45) is 0 Å². The molecule has 0 aliphatic heterocycles. The second-order valence-electron chi connectivity index (χ2n) is 7.50. The molecule has 0 saturated heterocycles. The van der Waals surface area contributed by atoms with Crippen LogP contribution in [-0.4, -0.2) is 25.7 Å². The second-order valence-corrected chi connectivity index (χ2v) is 7.50. The molecule has 3 heterocycles. The van der Waals surface area contributed by atoms with Crippen molar-refractivity contribution in [2.45, 2.75) is 13.5 Å². The Kier molecular flexibility index (Phi) is 4.80. The van der Waals surface area contributed by atoms with E-state index in [-0.39, 0.29) is 5.91 Å². The number of pyridine rings is 1. The molecule has 2 aromatic carbocycles. The van der Waals surface area contributed by atoms with Crippen LogP contribution in [0.5, 0.6) is 0 Å². The van der Waals surface area contributed by atoms with Crippen LogP contribution in [-0.2, 0) is 11.3 Å². The van der Waals surface area contributed by atoms with Crippen LogP contribution in [0.4, 0.5) is 5.69 Å². The molecule has 6 heteroatoms. The van der Waals surface area contributed by atoms with E-state index in [2.05, 4.69) is 44.8 Å². The van der Waals surface area contributed by atoms with Crippen molar-refractivity contribution in [3.63, 3.8) is 0 Å². The smallest absolute Gasteiger partial charge is 0.221 e. The van der Waals surface area contributed by atoms with E-state index in [4.69, 9.17) is 0 Å². The van der Waals surface area contributed by atoms with E-state index < -0.39 is 0 Å². The van der Waals surface area contributed by atoms with Crippen LogP contribution in [0.15, 0.2) is 85.5 Å². The van der Waals surface area contributed by atoms with Gasteiger partial charge in [-0.15, -0.1) is 0 Å². The van der Waals surface area contributed by atoms with Gasteiger partial charge in [-0.25, -0.2) is 4.98 Å². The molecule has 31 heavy (non-hydrogen) atoms. The SMILES string of the molecule is CC(=O)Nc1cccc(-c2cnc3[nH]cc(-c4cnn(Cc5ccccc5)c4)c3c2)c1. The summed E-state index contributed by atoms with van der Waals surface area (Å²) in [5.41, 5.74) is 6.87. The zero-order valence-electron chi connectivity index (χ0n) is 17.0. The minimum atomic E-state index is -0.0915. The molecule has 0 atom stereocenters. The monoisotopic (exact) mass is 407 g/mol. The summed E-state index contributed by atoms with van der Waals surface area (Å²) in [5, 5.41) is 8.40. The first-order valence-corrected chi connectivity index (χ1v) is 10.1. The number of nitrogens with one attached hydrogen (secondary N) is 2. The first kappa shape index (κ1) is 18.8. The van der Waals surface area contributed by atoms with E-state index in [0.717, 1.165) is 45.5 Å². The van der Waals surface area contributed by atoms with Crippen molar-refractivity contribution in [3.05, 3.63) is 91.0 Å². The molecule has 0 aliphatic rings. The zero-order chi connectivity index (χ0) is 21.2. The number of carbonyl (C=O) groups excluding carboxylic acids is 1. The Hall–Kier alpha value is -4.19. The van der Waals surface area contributed by atoms with Gasteiger partial charge in [0.15, 0.2) is 0 Å². The van der Waals surface area contributed by atoms with Gasteiger partial charge in [-0.3, -0.25) is 9.48 Å². The van der Waals surface area contributed by atoms with E-state index in [1.165, 1.54) is 12.5 Å². The van der Waals surface area contributed by atoms with Gasteiger partial charge >= 0.3 is 0 Å². The molecule has 5 rings (SSSR count). The summed E-state index contributed by atoms with van der Waals surface area (Å²) in [6.07, 6.45) is 7.75. The van der Waals surface area contributed by atoms with Crippen molar-refractivity contribution in [1.29, 1.82) is 0 Å². The highest BCUT2D eigenvalue weighted by Crippen LogP contribution is 2.31. The normalized spacial score (nSPS) is 11.0. The zero-order valence-corrected chi connectivity index (χ0v) is 17.0. The Morgan fingerprint density at radius 2 is 1.87 bits per heavy atom. The Morgan fingerprint density at radius 3 is 2.71 bits per heavy atom. The van der Waals surface area contributed by atoms with E-state index in [0.29, 0.717) is 0 Å². The van der Waals surface area contributed by atoms with Crippen LogP contribution in [0.2, 0.25) is 0 Å². The van der Waals surface area contributed by atoms with Crippen molar-refractivity contribution >= 4 is 22.6 Å². The lowest BCUT2D eigenvalue weighted by Crippen LogP contribution is -2.05. The highest BCUT2D eigenvalue weighted by atomic mass is 16.1. The van der Waals surface area contributed by atoms with Gasteiger partial charge in [0.05, 0.1) is 12.7 Å². The molecule has 0 unspecified atom stereocenters. The lowest BCUT2D eigenvalue weighted by atomic mass is 10.0. The van der Waals surface area contributed by atoms with Crippen LogP contribution in [0.3, 0.4) is 0 Å². The van der Waals surface area contributed by atoms with Gasteiger partial charge in [0.2, 0.25) is 5.91 Å². The highest BCUT2D eigenvalue weighted by molar-refractivity contribution is 5.96. The van der Waals surface area contributed by atoms with Gasteiger partial charge in [0, 0.05) is 53.3 Å². The van der Waals surface area contributed by atoms with Gasteiger partial charge in [-0.05, 0) is 29.3 Å².